The molecule has 1 N–H and O–H groups in total. The fraction of sp³-hybridized carbons (Fsp3) is 0.286. The Balaban J connectivity index is 1.29. The van der Waals surface area contributed by atoms with Crippen molar-refractivity contribution in [2.24, 2.45) is 5.92 Å². The first-order valence-electron chi connectivity index (χ1n) is 12.0. The minimum Gasteiger partial charge on any atom is -0.350 e. The summed E-state index contributed by atoms with van der Waals surface area (Å²) in [5.41, 5.74) is 5.03. The van der Waals surface area contributed by atoms with E-state index in [-0.39, 0.29) is 17.7 Å². The van der Waals surface area contributed by atoms with Crippen molar-refractivity contribution in [2.45, 2.75) is 45.8 Å². The van der Waals surface area contributed by atoms with Crippen molar-refractivity contribution in [3.05, 3.63) is 89.9 Å². The van der Waals surface area contributed by atoms with Gasteiger partial charge in [0.25, 0.3) is 0 Å². The van der Waals surface area contributed by atoms with Crippen LogP contribution in [0.15, 0.2) is 73.2 Å². The Bertz CT molecular complexity index is 1360. The molecule has 4 aromatic rings. The van der Waals surface area contributed by atoms with Crippen LogP contribution in [0.3, 0.4) is 0 Å². The first-order valence-corrected chi connectivity index (χ1v) is 12.0. The number of nitrogens with one attached hydrogen (secondary N) is 1. The van der Waals surface area contributed by atoms with Gasteiger partial charge in [-0.05, 0) is 40.8 Å². The second-order valence-electron chi connectivity index (χ2n) is 9.45. The van der Waals surface area contributed by atoms with Crippen molar-refractivity contribution in [1.29, 1.82) is 0 Å². The molecule has 1 atom stereocenters. The highest BCUT2D eigenvalue weighted by Crippen LogP contribution is 2.25. The van der Waals surface area contributed by atoms with Crippen LogP contribution in [0.1, 0.15) is 37.0 Å². The number of carbonyl (C=O) groups is 2. The molecule has 0 bridgehead atoms. The second-order valence-corrected chi connectivity index (χ2v) is 9.45. The third kappa shape index (κ3) is 4.80. The second kappa shape index (κ2) is 9.70. The first-order chi connectivity index (χ1) is 17.0. The Labute approximate surface area is 204 Å². The summed E-state index contributed by atoms with van der Waals surface area (Å²) in [6, 6.07) is 19.3. The van der Waals surface area contributed by atoms with Crippen molar-refractivity contribution < 1.29 is 9.59 Å². The number of fused-ring (bicyclic) bond motifs is 2. The summed E-state index contributed by atoms with van der Waals surface area (Å²) >= 11 is 0. The van der Waals surface area contributed by atoms with Crippen LogP contribution in [0.4, 0.5) is 0 Å². The van der Waals surface area contributed by atoms with Gasteiger partial charge in [-0.3, -0.25) is 14.2 Å². The number of para-hydroxylation sites is 2. The third-order valence-electron chi connectivity index (χ3n) is 6.43. The molecule has 1 aliphatic heterocycles. The maximum atomic E-state index is 13.2. The molecule has 0 radical (unpaired) electrons. The van der Waals surface area contributed by atoms with E-state index in [4.69, 9.17) is 0 Å². The minimum absolute atomic E-state index is 0.0215. The summed E-state index contributed by atoms with van der Waals surface area (Å²) in [6.07, 6.45) is 4.48. The summed E-state index contributed by atoms with van der Waals surface area (Å²) in [7, 11) is 0. The highest BCUT2D eigenvalue weighted by Gasteiger charge is 2.34. The molecule has 0 fully saturated rings. The van der Waals surface area contributed by atoms with Crippen LogP contribution in [0.25, 0.3) is 16.9 Å². The lowest BCUT2D eigenvalue weighted by Gasteiger charge is -2.36. The van der Waals surface area contributed by atoms with E-state index in [9.17, 15) is 9.59 Å². The van der Waals surface area contributed by atoms with E-state index < -0.39 is 6.04 Å². The fourth-order valence-corrected chi connectivity index (χ4v) is 4.60. The molecule has 178 valence electrons. The number of nitrogens with zero attached hydrogens (tertiary/aromatic N) is 4. The van der Waals surface area contributed by atoms with Crippen LogP contribution in [-0.4, -0.2) is 37.3 Å². The normalized spacial score (nSPS) is 15.3. The van der Waals surface area contributed by atoms with E-state index in [2.05, 4.69) is 15.3 Å². The number of pyridine rings is 1. The SMILES string of the molecule is CC(C)CC(=O)N1Cc2ccccc2CC1C(=O)NCc1ccc(-n2cnc3ccccc32)nc1. The van der Waals surface area contributed by atoms with Crippen molar-refractivity contribution in [3.8, 4) is 5.82 Å². The molecule has 0 spiro atoms. The van der Waals surface area contributed by atoms with Gasteiger partial charge < -0.3 is 10.2 Å². The van der Waals surface area contributed by atoms with Crippen LogP contribution >= 0.6 is 0 Å². The van der Waals surface area contributed by atoms with Crippen LogP contribution in [0, 0.1) is 5.92 Å². The van der Waals surface area contributed by atoms with Gasteiger partial charge in [-0.1, -0.05) is 56.3 Å². The molecule has 1 unspecified atom stereocenters. The Morgan fingerprint density at radius 1 is 1.00 bits per heavy atom. The molecule has 0 saturated carbocycles. The van der Waals surface area contributed by atoms with Gasteiger partial charge in [0.15, 0.2) is 0 Å². The number of hydrogen-bond donors (Lipinski definition) is 1. The van der Waals surface area contributed by atoms with E-state index in [0.29, 0.717) is 25.9 Å². The van der Waals surface area contributed by atoms with Gasteiger partial charge in [0.05, 0.1) is 11.0 Å². The summed E-state index contributed by atoms with van der Waals surface area (Å²) < 4.78 is 1.94. The fourth-order valence-electron chi connectivity index (χ4n) is 4.60. The molecule has 0 aliphatic carbocycles. The molecule has 7 nitrogen and oxygen atoms in total. The monoisotopic (exact) mass is 467 g/mol. The Kier molecular flexibility index (Phi) is 6.31. The number of benzene rings is 2. The van der Waals surface area contributed by atoms with Crippen LogP contribution < -0.4 is 5.32 Å². The van der Waals surface area contributed by atoms with Gasteiger partial charge in [-0.2, -0.15) is 0 Å². The maximum Gasteiger partial charge on any atom is 0.243 e. The molecule has 2 aromatic heterocycles. The third-order valence-corrected chi connectivity index (χ3v) is 6.43. The number of amides is 2. The van der Waals surface area contributed by atoms with E-state index in [1.54, 1.807) is 17.4 Å². The van der Waals surface area contributed by atoms with Gasteiger partial charge in [0, 0.05) is 32.1 Å². The Hall–Kier alpha value is -4.00. The van der Waals surface area contributed by atoms with Crippen LogP contribution in [-0.2, 0) is 29.1 Å². The number of rotatable bonds is 6. The van der Waals surface area contributed by atoms with Gasteiger partial charge in [-0.25, -0.2) is 9.97 Å². The van der Waals surface area contributed by atoms with Gasteiger partial charge in [0.2, 0.25) is 11.8 Å². The topological polar surface area (TPSA) is 80.1 Å². The molecular weight excluding hydrogens is 438 g/mol. The van der Waals surface area contributed by atoms with Gasteiger partial charge in [0.1, 0.15) is 18.2 Å². The zero-order chi connectivity index (χ0) is 24.4. The maximum absolute atomic E-state index is 13.2. The van der Waals surface area contributed by atoms with Crippen LogP contribution in [0.2, 0.25) is 0 Å². The summed E-state index contributed by atoms with van der Waals surface area (Å²) in [6.45, 7) is 4.86. The summed E-state index contributed by atoms with van der Waals surface area (Å²) in [5.74, 6) is 0.887. The lowest BCUT2D eigenvalue weighted by atomic mass is 9.92. The van der Waals surface area contributed by atoms with Gasteiger partial charge in [-0.15, -0.1) is 0 Å². The Morgan fingerprint density at radius 2 is 1.77 bits per heavy atom. The lowest BCUT2D eigenvalue weighted by Crippen LogP contribution is -2.52. The van der Waals surface area contributed by atoms with E-state index >= 15 is 0 Å². The first kappa shape index (κ1) is 22.8. The molecule has 5 rings (SSSR count). The number of hydrogen-bond acceptors (Lipinski definition) is 4. The molecule has 7 heteroatoms. The summed E-state index contributed by atoms with van der Waals surface area (Å²) in [5, 5.41) is 3.03. The number of aromatic nitrogens is 3. The van der Waals surface area contributed by atoms with Crippen molar-refractivity contribution >= 4 is 22.8 Å². The van der Waals surface area contributed by atoms with E-state index in [1.807, 2.05) is 79.1 Å². The van der Waals surface area contributed by atoms with Crippen molar-refractivity contribution in [2.75, 3.05) is 0 Å². The predicted molar refractivity (Wildman–Crippen MR) is 135 cm³/mol. The van der Waals surface area contributed by atoms with E-state index in [1.165, 1.54) is 0 Å². The average molecular weight is 468 g/mol. The van der Waals surface area contributed by atoms with Crippen molar-refractivity contribution in [3.63, 3.8) is 0 Å². The predicted octanol–water partition coefficient (Wildman–Crippen LogP) is 4.04. The highest BCUT2D eigenvalue weighted by molar-refractivity contribution is 5.88. The quantitative estimate of drug-likeness (QED) is 0.464. The molecule has 2 aromatic carbocycles. The lowest BCUT2D eigenvalue weighted by molar-refractivity contribution is -0.142. The smallest absolute Gasteiger partial charge is 0.243 e. The molecule has 2 amide bonds. The largest absolute Gasteiger partial charge is 0.350 e. The Morgan fingerprint density at radius 3 is 2.54 bits per heavy atom. The standard InChI is InChI=1S/C28H29N5O2/c1-19(2)13-27(34)32-17-22-8-4-3-7-21(22)14-25(32)28(35)30-16-20-11-12-26(29-15-20)33-18-31-23-9-5-6-10-24(23)33/h3-12,15,18-19,25H,13-14,16-17H2,1-2H3,(H,30,35). The average Bonchev–Trinajstić information content (AvgIpc) is 3.30. The molecule has 35 heavy (non-hydrogen) atoms. The number of carbonyl (C=O) groups excluding carboxylic acids is 2. The van der Waals surface area contributed by atoms with Crippen molar-refractivity contribution in [1.82, 2.24) is 24.8 Å². The summed E-state index contributed by atoms with van der Waals surface area (Å²) in [4.78, 5) is 37.0. The zero-order valence-electron chi connectivity index (χ0n) is 20.0. The zero-order valence-corrected chi connectivity index (χ0v) is 20.0. The molecular formula is C28H29N5O2. The molecule has 0 saturated heterocycles. The minimum atomic E-state index is -0.513. The van der Waals surface area contributed by atoms with Crippen LogP contribution in [0.5, 0.6) is 0 Å². The molecule has 3 heterocycles. The van der Waals surface area contributed by atoms with E-state index in [0.717, 1.165) is 33.5 Å². The van der Waals surface area contributed by atoms with Gasteiger partial charge >= 0.3 is 0 Å². The number of imidazole rings is 1. The highest BCUT2D eigenvalue weighted by atomic mass is 16.2. The molecule has 1 aliphatic rings.